The van der Waals surface area contributed by atoms with Crippen molar-refractivity contribution in [2.75, 3.05) is 18.0 Å². The van der Waals surface area contributed by atoms with Crippen LogP contribution in [0.5, 0.6) is 0 Å². The Labute approximate surface area is 136 Å². The zero-order valence-corrected chi connectivity index (χ0v) is 13.2. The van der Waals surface area contributed by atoms with E-state index in [0.29, 0.717) is 11.6 Å². The van der Waals surface area contributed by atoms with Gasteiger partial charge in [-0.05, 0) is 30.9 Å². The number of carbonyl (C=O) groups excluding carboxylic acids is 1. The van der Waals surface area contributed by atoms with E-state index in [9.17, 15) is 4.79 Å². The summed E-state index contributed by atoms with van der Waals surface area (Å²) in [6.07, 6.45) is 4.63. The van der Waals surface area contributed by atoms with Crippen molar-refractivity contribution < 1.29 is 4.79 Å². The number of fused-ring (bicyclic) bond motifs is 1. The Hall–Kier alpha value is -2.14. The third-order valence-electron chi connectivity index (χ3n) is 4.99. The summed E-state index contributed by atoms with van der Waals surface area (Å²) in [4.78, 5) is 15.1. The normalized spacial score (nSPS) is 17.4. The van der Waals surface area contributed by atoms with Crippen molar-refractivity contribution in [3.63, 3.8) is 0 Å². The molecule has 2 heterocycles. The molecule has 2 N–H and O–H groups in total. The van der Waals surface area contributed by atoms with Gasteiger partial charge in [-0.3, -0.25) is 9.89 Å². The average molecular weight is 310 g/mol. The second kappa shape index (κ2) is 6.16. The van der Waals surface area contributed by atoms with Crippen LogP contribution < -0.4 is 10.2 Å². The topological polar surface area (TPSA) is 61.0 Å². The lowest BCUT2D eigenvalue weighted by atomic mass is 9.85. The molecule has 1 saturated carbocycles. The third kappa shape index (κ3) is 2.77. The van der Waals surface area contributed by atoms with Gasteiger partial charge < -0.3 is 10.2 Å². The fourth-order valence-corrected chi connectivity index (χ4v) is 3.38. The van der Waals surface area contributed by atoms with E-state index < -0.39 is 0 Å². The monoisotopic (exact) mass is 310 g/mol. The third-order valence-corrected chi connectivity index (χ3v) is 4.99. The minimum absolute atomic E-state index is 0.0179. The highest BCUT2D eigenvalue weighted by atomic mass is 16.2. The van der Waals surface area contributed by atoms with E-state index in [1.165, 1.54) is 19.3 Å². The van der Waals surface area contributed by atoms with Crippen LogP contribution in [0, 0.1) is 5.92 Å². The van der Waals surface area contributed by atoms with E-state index in [1.54, 1.807) is 0 Å². The SMILES string of the molecule is O=C(c1n[nH]c2c1CNCC2)N(CC1CCC1)c1ccccc1. The highest BCUT2D eigenvalue weighted by Crippen LogP contribution is 2.30. The minimum atomic E-state index is 0.0179. The van der Waals surface area contributed by atoms with Crippen molar-refractivity contribution in [3.05, 3.63) is 47.3 Å². The van der Waals surface area contributed by atoms with Crippen LogP contribution >= 0.6 is 0 Å². The van der Waals surface area contributed by atoms with Gasteiger partial charge in [-0.25, -0.2) is 0 Å². The molecule has 4 rings (SSSR count). The molecule has 5 heteroatoms. The zero-order chi connectivity index (χ0) is 15.6. The van der Waals surface area contributed by atoms with E-state index in [-0.39, 0.29) is 5.91 Å². The summed E-state index contributed by atoms with van der Waals surface area (Å²) >= 11 is 0. The molecule has 2 aromatic rings. The number of H-pyrrole nitrogens is 1. The van der Waals surface area contributed by atoms with Gasteiger partial charge in [0.1, 0.15) is 0 Å². The van der Waals surface area contributed by atoms with Crippen LogP contribution in [0.4, 0.5) is 5.69 Å². The number of nitrogens with one attached hydrogen (secondary N) is 2. The molecule has 0 saturated heterocycles. The first-order valence-corrected chi connectivity index (χ1v) is 8.46. The number of benzene rings is 1. The summed E-state index contributed by atoms with van der Waals surface area (Å²) in [6, 6.07) is 9.97. The summed E-state index contributed by atoms with van der Waals surface area (Å²) in [5, 5.41) is 10.7. The van der Waals surface area contributed by atoms with E-state index in [2.05, 4.69) is 15.5 Å². The molecule has 1 amide bonds. The number of para-hydroxylation sites is 1. The fourth-order valence-electron chi connectivity index (χ4n) is 3.38. The second-order valence-corrected chi connectivity index (χ2v) is 6.50. The lowest BCUT2D eigenvalue weighted by Gasteiger charge is -2.32. The summed E-state index contributed by atoms with van der Waals surface area (Å²) in [5.74, 6) is 0.636. The van der Waals surface area contributed by atoms with Gasteiger partial charge in [-0.2, -0.15) is 5.10 Å². The van der Waals surface area contributed by atoms with Crippen molar-refractivity contribution in [3.8, 4) is 0 Å². The van der Waals surface area contributed by atoms with E-state index >= 15 is 0 Å². The number of nitrogens with zero attached hydrogens (tertiary/aromatic N) is 2. The molecule has 120 valence electrons. The number of carbonyl (C=O) groups is 1. The second-order valence-electron chi connectivity index (χ2n) is 6.50. The Kier molecular flexibility index (Phi) is 3.87. The van der Waals surface area contributed by atoms with Gasteiger partial charge in [0.15, 0.2) is 5.69 Å². The molecule has 5 nitrogen and oxygen atoms in total. The van der Waals surface area contributed by atoms with Crippen molar-refractivity contribution in [2.24, 2.45) is 5.92 Å². The number of anilines is 1. The van der Waals surface area contributed by atoms with Gasteiger partial charge in [0.25, 0.3) is 5.91 Å². The van der Waals surface area contributed by atoms with Crippen molar-refractivity contribution in [1.29, 1.82) is 0 Å². The van der Waals surface area contributed by atoms with E-state index in [1.807, 2.05) is 35.2 Å². The smallest absolute Gasteiger partial charge is 0.279 e. The first-order chi connectivity index (χ1) is 11.3. The predicted molar refractivity (Wildman–Crippen MR) is 89.5 cm³/mol. The maximum absolute atomic E-state index is 13.2. The molecule has 1 aromatic carbocycles. The molecule has 0 spiro atoms. The molecule has 0 bridgehead atoms. The molecule has 0 atom stereocenters. The lowest BCUT2D eigenvalue weighted by molar-refractivity contribution is 0.0971. The highest BCUT2D eigenvalue weighted by Gasteiger charge is 2.29. The number of hydrogen-bond donors (Lipinski definition) is 2. The molecule has 0 unspecified atom stereocenters. The summed E-state index contributed by atoms with van der Waals surface area (Å²) in [6.45, 7) is 2.45. The molecule has 23 heavy (non-hydrogen) atoms. The molecule has 1 aromatic heterocycles. The minimum Gasteiger partial charge on any atom is -0.312 e. The Morgan fingerprint density at radius 3 is 2.83 bits per heavy atom. The van der Waals surface area contributed by atoms with Crippen LogP contribution in [0.3, 0.4) is 0 Å². The zero-order valence-electron chi connectivity index (χ0n) is 13.2. The van der Waals surface area contributed by atoms with Gasteiger partial charge in [-0.15, -0.1) is 0 Å². The number of hydrogen-bond acceptors (Lipinski definition) is 3. The average Bonchev–Trinajstić information content (AvgIpc) is 2.98. The van der Waals surface area contributed by atoms with Gasteiger partial charge in [0.05, 0.1) is 0 Å². The van der Waals surface area contributed by atoms with Gasteiger partial charge in [-0.1, -0.05) is 24.6 Å². The van der Waals surface area contributed by atoms with E-state index in [0.717, 1.165) is 43.0 Å². The maximum atomic E-state index is 13.2. The Balaban J connectivity index is 1.65. The highest BCUT2D eigenvalue weighted by molar-refractivity contribution is 6.05. The number of rotatable bonds is 4. The van der Waals surface area contributed by atoms with E-state index in [4.69, 9.17) is 0 Å². The molecule has 2 aliphatic rings. The molecule has 1 aliphatic carbocycles. The number of amides is 1. The van der Waals surface area contributed by atoms with Crippen molar-refractivity contribution in [2.45, 2.75) is 32.2 Å². The van der Waals surface area contributed by atoms with Crippen LogP contribution in [0.25, 0.3) is 0 Å². The van der Waals surface area contributed by atoms with Gasteiger partial charge in [0, 0.05) is 43.0 Å². The van der Waals surface area contributed by atoms with Gasteiger partial charge in [0.2, 0.25) is 0 Å². The maximum Gasteiger partial charge on any atom is 0.279 e. The molecule has 0 radical (unpaired) electrons. The Morgan fingerprint density at radius 2 is 2.09 bits per heavy atom. The summed E-state index contributed by atoms with van der Waals surface area (Å²) in [5.41, 5.74) is 3.68. The number of aromatic amines is 1. The summed E-state index contributed by atoms with van der Waals surface area (Å²) in [7, 11) is 0. The molecule has 1 fully saturated rings. The molecule has 1 aliphatic heterocycles. The van der Waals surface area contributed by atoms with Crippen molar-refractivity contribution >= 4 is 11.6 Å². The first kappa shape index (κ1) is 14.5. The standard InChI is InChI=1S/C18H22N4O/c23-18(17-15-11-19-10-9-16(15)20-21-17)22(12-13-5-4-6-13)14-7-2-1-3-8-14/h1-3,7-8,13,19H,4-6,9-12H2,(H,20,21). The molecular formula is C18H22N4O. The van der Waals surface area contributed by atoms with Crippen LogP contribution in [-0.2, 0) is 13.0 Å². The largest absolute Gasteiger partial charge is 0.312 e. The Bertz CT molecular complexity index is 690. The summed E-state index contributed by atoms with van der Waals surface area (Å²) < 4.78 is 0. The van der Waals surface area contributed by atoms with Crippen LogP contribution in [0.15, 0.2) is 30.3 Å². The molecular weight excluding hydrogens is 288 g/mol. The van der Waals surface area contributed by atoms with Crippen LogP contribution in [0.1, 0.15) is 41.0 Å². The number of aromatic nitrogens is 2. The van der Waals surface area contributed by atoms with Crippen molar-refractivity contribution in [1.82, 2.24) is 15.5 Å². The Morgan fingerprint density at radius 1 is 1.26 bits per heavy atom. The van der Waals surface area contributed by atoms with Crippen LogP contribution in [0.2, 0.25) is 0 Å². The predicted octanol–water partition coefficient (Wildman–Crippen LogP) is 2.50. The quantitative estimate of drug-likeness (QED) is 0.912. The van der Waals surface area contributed by atoms with Crippen LogP contribution in [-0.4, -0.2) is 29.2 Å². The fraction of sp³-hybridized carbons (Fsp3) is 0.444. The first-order valence-electron chi connectivity index (χ1n) is 8.46. The van der Waals surface area contributed by atoms with Gasteiger partial charge >= 0.3 is 0 Å². The lowest BCUT2D eigenvalue weighted by Crippen LogP contribution is -2.38.